The Morgan fingerprint density at radius 3 is 2.59 bits per heavy atom. The van der Waals surface area contributed by atoms with Crippen molar-refractivity contribution in [3.8, 4) is 0 Å². The van der Waals surface area contributed by atoms with E-state index in [0.717, 1.165) is 31.6 Å². The highest BCUT2D eigenvalue weighted by atomic mass is 16.2. The number of nitrogens with zero attached hydrogens (tertiary/aromatic N) is 2. The highest BCUT2D eigenvalue weighted by molar-refractivity contribution is 6.04. The summed E-state index contributed by atoms with van der Waals surface area (Å²) in [6, 6.07) is 6.95. The van der Waals surface area contributed by atoms with Gasteiger partial charge < -0.3 is 15.7 Å². The summed E-state index contributed by atoms with van der Waals surface area (Å²) < 4.78 is 0. The molecule has 0 saturated carbocycles. The Bertz CT molecular complexity index is 572. The molecule has 0 spiro atoms. The van der Waals surface area contributed by atoms with E-state index in [4.69, 9.17) is 5.11 Å². The number of hydrogen-bond acceptors (Lipinski definition) is 5. The number of carbonyl (C=O) groups excluding carboxylic acids is 1. The van der Waals surface area contributed by atoms with Crippen LogP contribution < -0.4 is 10.6 Å². The first-order valence-corrected chi connectivity index (χ1v) is 7.32. The van der Waals surface area contributed by atoms with Crippen LogP contribution in [-0.4, -0.2) is 34.1 Å². The third-order valence-electron chi connectivity index (χ3n) is 3.10. The average molecular weight is 300 g/mol. The molecular weight excluding hydrogens is 280 g/mol. The van der Waals surface area contributed by atoms with Gasteiger partial charge >= 0.3 is 0 Å². The number of pyridine rings is 2. The Balaban J connectivity index is 1.80. The summed E-state index contributed by atoms with van der Waals surface area (Å²) in [4.78, 5) is 20.1. The maximum absolute atomic E-state index is 12.0. The molecule has 0 aromatic carbocycles. The molecule has 3 N–H and O–H groups in total. The van der Waals surface area contributed by atoms with Crippen LogP contribution in [0.1, 0.15) is 29.6 Å². The van der Waals surface area contributed by atoms with Crippen LogP contribution in [0, 0.1) is 0 Å². The summed E-state index contributed by atoms with van der Waals surface area (Å²) >= 11 is 0. The van der Waals surface area contributed by atoms with Crippen LogP contribution in [0.4, 0.5) is 11.5 Å². The van der Waals surface area contributed by atoms with Crippen molar-refractivity contribution < 1.29 is 9.90 Å². The molecule has 0 saturated heterocycles. The second-order valence-electron chi connectivity index (χ2n) is 4.83. The molecule has 22 heavy (non-hydrogen) atoms. The molecule has 2 rings (SSSR count). The fourth-order valence-electron chi connectivity index (χ4n) is 1.91. The van der Waals surface area contributed by atoms with Crippen LogP contribution in [0.3, 0.4) is 0 Å². The van der Waals surface area contributed by atoms with Gasteiger partial charge in [-0.1, -0.05) is 0 Å². The van der Waals surface area contributed by atoms with E-state index < -0.39 is 0 Å². The molecule has 2 aromatic rings. The Labute approximate surface area is 129 Å². The quantitative estimate of drug-likeness (QED) is 0.651. The summed E-state index contributed by atoms with van der Waals surface area (Å²) in [6.45, 7) is 1.06. The first-order valence-electron chi connectivity index (χ1n) is 7.32. The maximum atomic E-state index is 12.0. The number of aliphatic hydroxyl groups excluding tert-OH is 1. The molecule has 0 bridgehead atoms. The third kappa shape index (κ3) is 5.14. The molecule has 0 aliphatic heterocycles. The Morgan fingerprint density at radius 1 is 1.09 bits per heavy atom. The van der Waals surface area contributed by atoms with Crippen molar-refractivity contribution in [2.75, 3.05) is 23.8 Å². The molecule has 2 aromatic heterocycles. The summed E-state index contributed by atoms with van der Waals surface area (Å²) in [6.07, 6.45) is 7.59. The minimum atomic E-state index is -0.186. The first kappa shape index (κ1) is 15.9. The number of hydrogen-bond donors (Lipinski definition) is 3. The van der Waals surface area contributed by atoms with Crippen LogP contribution in [0.15, 0.2) is 42.9 Å². The number of nitrogens with one attached hydrogen (secondary N) is 2. The van der Waals surface area contributed by atoms with Crippen molar-refractivity contribution in [3.05, 3.63) is 48.4 Å². The highest BCUT2D eigenvalue weighted by Gasteiger charge is 2.05. The first-order chi connectivity index (χ1) is 10.8. The van der Waals surface area contributed by atoms with Gasteiger partial charge in [0.25, 0.3) is 5.91 Å². The predicted molar refractivity (Wildman–Crippen MR) is 85.9 cm³/mol. The number of unbranched alkanes of at least 4 members (excludes halogenated alkanes) is 2. The molecule has 2 heterocycles. The zero-order valence-corrected chi connectivity index (χ0v) is 12.3. The maximum Gasteiger partial charge on any atom is 0.255 e. The van der Waals surface area contributed by atoms with Gasteiger partial charge in [-0.05, 0) is 43.5 Å². The summed E-state index contributed by atoms with van der Waals surface area (Å²) in [5.41, 5.74) is 1.20. The fraction of sp³-hybridized carbons (Fsp3) is 0.312. The van der Waals surface area contributed by atoms with E-state index in [1.54, 1.807) is 30.7 Å². The van der Waals surface area contributed by atoms with E-state index in [0.29, 0.717) is 11.3 Å². The number of aliphatic hydroxyl groups is 1. The number of aromatic nitrogens is 2. The Morgan fingerprint density at radius 2 is 1.91 bits per heavy atom. The smallest absolute Gasteiger partial charge is 0.255 e. The van der Waals surface area contributed by atoms with E-state index in [9.17, 15) is 4.79 Å². The highest BCUT2D eigenvalue weighted by Crippen LogP contribution is 2.11. The molecule has 0 atom stereocenters. The van der Waals surface area contributed by atoms with Crippen molar-refractivity contribution in [2.24, 2.45) is 0 Å². The van der Waals surface area contributed by atoms with Gasteiger partial charge in [0, 0.05) is 31.1 Å². The van der Waals surface area contributed by atoms with Gasteiger partial charge in [-0.3, -0.25) is 9.78 Å². The number of rotatable bonds is 8. The molecule has 0 aliphatic carbocycles. The minimum absolute atomic E-state index is 0.186. The molecule has 0 fully saturated rings. The van der Waals surface area contributed by atoms with E-state index in [1.165, 1.54) is 0 Å². The zero-order chi connectivity index (χ0) is 15.6. The van der Waals surface area contributed by atoms with Gasteiger partial charge in [0.1, 0.15) is 5.82 Å². The summed E-state index contributed by atoms with van der Waals surface area (Å²) in [5, 5.41) is 14.7. The standard InChI is InChI=1S/C16H20N4O2/c21-11-3-1-2-8-18-15-5-4-14(12-19-15)20-16(22)13-6-9-17-10-7-13/h4-7,9-10,12,21H,1-3,8,11H2,(H,18,19)(H,20,22). The van der Waals surface area contributed by atoms with E-state index in [1.807, 2.05) is 12.1 Å². The van der Waals surface area contributed by atoms with Crippen molar-refractivity contribution in [3.63, 3.8) is 0 Å². The van der Waals surface area contributed by atoms with Gasteiger partial charge in [0.2, 0.25) is 0 Å². The summed E-state index contributed by atoms with van der Waals surface area (Å²) in [5.74, 6) is 0.583. The topological polar surface area (TPSA) is 87.1 Å². The van der Waals surface area contributed by atoms with Crippen molar-refractivity contribution in [1.82, 2.24) is 9.97 Å². The van der Waals surface area contributed by atoms with E-state index >= 15 is 0 Å². The molecule has 116 valence electrons. The average Bonchev–Trinajstić information content (AvgIpc) is 2.57. The Hall–Kier alpha value is -2.47. The van der Waals surface area contributed by atoms with Gasteiger partial charge in [-0.25, -0.2) is 4.98 Å². The SMILES string of the molecule is O=C(Nc1ccc(NCCCCCO)nc1)c1ccncc1. The second-order valence-corrected chi connectivity index (χ2v) is 4.83. The minimum Gasteiger partial charge on any atom is -0.396 e. The van der Waals surface area contributed by atoms with Gasteiger partial charge in [-0.2, -0.15) is 0 Å². The van der Waals surface area contributed by atoms with Gasteiger partial charge in [-0.15, -0.1) is 0 Å². The lowest BCUT2D eigenvalue weighted by molar-refractivity contribution is 0.102. The molecule has 6 heteroatoms. The largest absolute Gasteiger partial charge is 0.396 e. The number of anilines is 2. The number of amides is 1. The van der Waals surface area contributed by atoms with Crippen molar-refractivity contribution in [1.29, 1.82) is 0 Å². The molecule has 0 unspecified atom stereocenters. The van der Waals surface area contributed by atoms with Crippen molar-refractivity contribution >= 4 is 17.4 Å². The third-order valence-corrected chi connectivity index (χ3v) is 3.10. The lowest BCUT2D eigenvalue weighted by Crippen LogP contribution is -2.12. The van der Waals surface area contributed by atoms with Crippen LogP contribution >= 0.6 is 0 Å². The molecule has 1 amide bonds. The van der Waals surface area contributed by atoms with Crippen LogP contribution in [0.5, 0.6) is 0 Å². The molecule has 0 aliphatic rings. The van der Waals surface area contributed by atoms with E-state index in [-0.39, 0.29) is 12.5 Å². The van der Waals surface area contributed by atoms with Crippen LogP contribution in [0.2, 0.25) is 0 Å². The lowest BCUT2D eigenvalue weighted by atomic mass is 10.2. The number of carbonyl (C=O) groups is 1. The second kappa shape index (κ2) is 8.74. The molecular formula is C16H20N4O2. The van der Waals surface area contributed by atoms with Gasteiger partial charge in [0.05, 0.1) is 11.9 Å². The molecule has 0 radical (unpaired) electrons. The molecule has 6 nitrogen and oxygen atoms in total. The lowest BCUT2D eigenvalue weighted by Gasteiger charge is -2.07. The normalized spacial score (nSPS) is 10.2. The Kier molecular flexibility index (Phi) is 6.32. The van der Waals surface area contributed by atoms with Crippen LogP contribution in [0.25, 0.3) is 0 Å². The van der Waals surface area contributed by atoms with E-state index in [2.05, 4.69) is 20.6 Å². The van der Waals surface area contributed by atoms with Crippen molar-refractivity contribution in [2.45, 2.75) is 19.3 Å². The van der Waals surface area contributed by atoms with Gasteiger partial charge in [0.15, 0.2) is 0 Å². The predicted octanol–water partition coefficient (Wildman–Crippen LogP) is 2.30. The summed E-state index contributed by atoms with van der Waals surface area (Å²) in [7, 11) is 0. The zero-order valence-electron chi connectivity index (χ0n) is 12.3. The fourth-order valence-corrected chi connectivity index (χ4v) is 1.91. The monoisotopic (exact) mass is 300 g/mol. The van der Waals surface area contributed by atoms with Crippen LogP contribution in [-0.2, 0) is 0 Å².